The first-order valence-corrected chi connectivity index (χ1v) is 8.81. The summed E-state index contributed by atoms with van der Waals surface area (Å²) in [5.41, 5.74) is 2.66. The molecule has 1 nitrogen and oxygen atoms in total. The maximum Gasteiger partial charge on any atom is 0.0991 e. The van der Waals surface area contributed by atoms with E-state index in [4.69, 9.17) is 23.2 Å². The van der Waals surface area contributed by atoms with Gasteiger partial charge in [0.25, 0.3) is 0 Å². The molecule has 0 amide bonds. The predicted molar refractivity (Wildman–Crippen MR) is 85.9 cm³/mol. The molecule has 0 fully saturated rings. The third kappa shape index (κ3) is 3.01. The summed E-state index contributed by atoms with van der Waals surface area (Å²) in [7, 11) is 0. The summed E-state index contributed by atoms with van der Waals surface area (Å²) in [5.74, 6) is 0. The monoisotopic (exact) mass is 331 g/mol. The number of thiophene rings is 2. The summed E-state index contributed by atoms with van der Waals surface area (Å²) < 4.78 is 1.54. The maximum atomic E-state index is 6.18. The van der Waals surface area contributed by atoms with Crippen molar-refractivity contribution in [3.8, 4) is 0 Å². The third-order valence-corrected chi connectivity index (χ3v) is 6.28. The van der Waals surface area contributed by atoms with Gasteiger partial charge < -0.3 is 5.32 Å². The van der Waals surface area contributed by atoms with E-state index >= 15 is 0 Å². The van der Waals surface area contributed by atoms with Crippen LogP contribution in [-0.2, 0) is 19.4 Å². The Hall–Kier alpha value is -0.0600. The zero-order valence-corrected chi connectivity index (χ0v) is 13.8. The molecule has 0 saturated carbocycles. The van der Waals surface area contributed by atoms with E-state index in [1.54, 1.807) is 10.4 Å². The van der Waals surface area contributed by atoms with Crippen molar-refractivity contribution in [2.24, 2.45) is 0 Å². The van der Waals surface area contributed by atoms with Crippen LogP contribution in [0.5, 0.6) is 0 Å². The van der Waals surface area contributed by atoms with Crippen molar-refractivity contribution in [1.29, 1.82) is 0 Å². The summed E-state index contributed by atoms with van der Waals surface area (Å²) in [6.07, 6.45) is 3.85. The Morgan fingerprint density at radius 3 is 2.79 bits per heavy atom. The number of halogens is 2. The van der Waals surface area contributed by atoms with Crippen LogP contribution in [0.15, 0.2) is 12.1 Å². The Bertz CT molecular complexity index is 567. The van der Waals surface area contributed by atoms with Gasteiger partial charge in [0, 0.05) is 22.3 Å². The number of hydrogen-bond acceptors (Lipinski definition) is 3. The molecule has 2 aromatic heterocycles. The Labute approximate surface area is 131 Å². The molecule has 0 radical (unpaired) electrons. The number of nitrogens with one attached hydrogen (secondary N) is 1. The number of aryl methyl sites for hydroxylation is 2. The van der Waals surface area contributed by atoms with Gasteiger partial charge in [0.15, 0.2) is 0 Å². The van der Waals surface area contributed by atoms with Gasteiger partial charge in [-0.15, -0.1) is 22.7 Å². The lowest BCUT2D eigenvalue weighted by Crippen LogP contribution is -2.17. The van der Waals surface area contributed by atoms with Crippen LogP contribution in [0.2, 0.25) is 8.67 Å². The summed E-state index contributed by atoms with van der Waals surface area (Å²) in [6, 6.07) is 4.54. The van der Waals surface area contributed by atoms with Gasteiger partial charge >= 0.3 is 0 Å². The minimum atomic E-state index is 0.230. The lowest BCUT2D eigenvalue weighted by molar-refractivity contribution is 0.580. The lowest BCUT2D eigenvalue weighted by atomic mass is 10.2. The molecule has 1 aliphatic carbocycles. The largest absolute Gasteiger partial charge is 0.305 e. The predicted octanol–water partition coefficient (Wildman–Crippen LogP) is 5.46. The number of hydrogen-bond donors (Lipinski definition) is 1. The average molecular weight is 332 g/mol. The Morgan fingerprint density at radius 2 is 2.11 bits per heavy atom. The first-order chi connectivity index (χ1) is 9.13. The van der Waals surface area contributed by atoms with Gasteiger partial charge in [0.2, 0.25) is 0 Å². The molecule has 5 heteroatoms. The number of fused-ring (bicyclic) bond motifs is 1. The second kappa shape index (κ2) is 5.74. The molecule has 102 valence electrons. The van der Waals surface area contributed by atoms with E-state index in [1.807, 2.05) is 17.4 Å². The van der Waals surface area contributed by atoms with Crippen LogP contribution in [0.4, 0.5) is 0 Å². The van der Waals surface area contributed by atoms with Crippen molar-refractivity contribution >= 4 is 45.9 Å². The highest BCUT2D eigenvalue weighted by molar-refractivity contribution is 7.20. The molecule has 1 aliphatic rings. The van der Waals surface area contributed by atoms with Gasteiger partial charge in [-0.25, -0.2) is 0 Å². The molecule has 1 N–H and O–H groups in total. The molecule has 1 unspecified atom stereocenters. The zero-order chi connectivity index (χ0) is 13.4. The van der Waals surface area contributed by atoms with Gasteiger partial charge in [-0.3, -0.25) is 0 Å². The molecule has 3 rings (SSSR count). The Balaban J connectivity index is 1.63. The molecule has 19 heavy (non-hydrogen) atoms. The standard InChI is InChI=1S/C14H15Cl2NS2/c1-8(11-6-13(15)19-14(11)16)17-7-10-5-9-3-2-4-12(9)18-10/h5-6,8,17H,2-4,7H2,1H3. The van der Waals surface area contributed by atoms with Crippen molar-refractivity contribution in [1.82, 2.24) is 5.32 Å². The summed E-state index contributed by atoms with van der Waals surface area (Å²) >= 11 is 15.5. The molecular formula is C14H15Cl2NS2. The van der Waals surface area contributed by atoms with Gasteiger partial charge in [0.1, 0.15) is 0 Å². The van der Waals surface area contributed by atoms with E-state index in [1.165, 1.54) is 35.5 Å². The number of rotatable bonds is 4. The summed E-state index contributed by atoms with van der Waals surface area (Å²) in [5, 5.41) is 3.53. The Morgan fingerprint density at radius 1 is 1.26 bits per heavy atom. The molecule has 0 aliphatic heterocycles. The van der Waals surface area contributed by atoms with Gasteiger partial charge in [-0.2, -0.15) is 0 Å². The Kier molecular flexibility index (Phi) is 4.20. The van der Waals surface area contributed by atoms with E-state index in [9.17, 15) is 0 Å². The summed E-state index contributed by atoms with van der Waals surface area (Å²) in [6.45, 7) is 3.04. The lowest BCUT2D eigenvalue weighted by Gasteiger charge is -2.12. The minimum absolute atomic E-state index is 0.230. The fraction of sp³-hybridized carbons (Fsp3) is 0.429. The van der Waals surface area contributed by atoms with Crippen LogP contribution in [0.25, 0.3) is 0 Å². The average Bonchev–Trinajstić information content (AvgIpc) is 3.00. The topological polar surface area (TPSA) is 12.0 Å². The maximum absolute atomic E-state index is 6.18. The molecule has 0 aromatic carbocycles. The zero-order valence-electron chi connectivity index (χ0n) is 10.6. The fourth-order valence-electron chi connectivity index (χ4n) is 2.49. The van der Waals surface area contributed by atoms with E-state index in [0.29, 0.717) is 0 Å². The van der Waals surface area contributed by atoms with Gasteiger partial charge in [0.05, 0.1) is 8.67 Å². The fourth-order valence-corrected chi connectivity index (χ4v) is 5.35. The summed E-state index contributed by atoms with van der Waals surface area (Å²) in [4.78, 5) is 3.01. The van der Waals surface area contributed by atoms with E-state index in [-0.39, 0.29) is 6.04 Å². The second-order valence-corrected chi connectivity index (χ2v) is 8.40. The van der Waals surface area contributed by atoms with Crippen LogP contribution in [0.3, 0.4) is 0 Å². The highest BCUT2D eigenvalue weighted by Crippen LogP contribution is 2.35. The van der Waals surface area contributed by atoms with Crippen molar-refractivity contribution in [3.63, 3.8) is 0 Å². The van der Waals surface area contributed by atoms with Crippen LogP contribution < -0.4 is 5.32 Å². The van der Waals surface area contributed by atoms with Crippen LogP contribution in [-0.4, -0.2) is 0 Å². The normalized spacial score (nSPS) is 15.7. The molecule has 2 aromatic rings. The van der Waals surface area contributed by atoms with E-state index in [0.717, 1.165) is 20.8 Å². The molecule has 0 bridgehead atoms. The molecular weight excluding hydrogens is 317 g/mol. The van der Waals surface area contributed by atoms with Crippen LogP contribution >= 0.6 is 45.9 Å². The first kappa shape index (κ1) is 13.9. The first-order valence-electron chi connectivity index (χ1n) is 6.42. The molecule has 1 atom stereocenters. The van der Waals surface area contributed by atoms with Crippen molar-refractivity contribution in [3.05, 3.63) is 41.7 Å². The second-order valence-electron chi connectivity index (χ2n) is 4.90. The van der Waals surface area contributed by atoms with Crippen molar-refractivity contribution < 1.29 is 0 Å². The van der Waals surface area contributed by atoms with Gasteiger partial charge in [-0.05, 0) is 49.4 Å². The van der Waals surface area contributed by atoms with Gasteiger partial charge in [-0.1, -0.05) is 23.2 Å². The minimum Gasteiger partial charge on any atom is -0.305 e. The molecule has 0 spiro atoms. The van der Waals surface area contributed by atoms with Crippen molar-refractivity contribution in [2.45, 2.75) is 38.8 Å². The third-order valence-electron chi connectivity index (χ3n) is 3.53. The molecule has 0 saturated heterocycles. The van der Waals surface area contributed by atoms with Crippen molar-refractivity contribution in [2.75, 3.05) is 0 Å². The van der Waals surface area contributed by atoms with E-state index in [2.05, 4.69) is 18.3 Å². The quantitative estimate of drug-likeness (QED) is 0.784. The van der Waals surface area contributed by atoms with E-state index < -0.39 is 0 Å². The van der Waals surface area contributed by atoms with Crippen LogP contribution in [0.1, 0.15) is 40.3 Å². The highest BCUT2D eigenvalue weighted by Gasteiger charge is 2.16. The highest BCUT2D eigenvalue weighted by atomic mass is 35.5. The smallest absolute Gasteiger partial charge is 0.0991 e. The molecule has 2 heterocycles. The SMILES string of the molecule is CC(NCc1cc2c(s1)CCC2)c1cc(Cl)sc1Cl. The van der Waals surface area contributed by atoms with Crippen LogP contribution in [0, 0.1) is 0 Å².